The van der Waals surface area contributed by atoms with Gasteiger partial charge in [0.05, 0.1) is 26.6 Å². The van der Waals surface area contributed by atoms with Crippen molar-refractivity contribution in [2.75, 3.05) is 32.0 Å². The van der Waals surface area contributed by atoms with Crippen molar-refractivity contribution < 1.29 is 59.3 Å². The van der Waals surface area contributed by atoms with E-state index in [0.29, 0.717) is 22.0 Å². The minimum atomic E-state index is -5.75. The lowest BCUT2D eigenvalue weighted by molar-refractivity contribution is -0.143. The van der Waals surface area contributed by atoms with Crippen LogP contribution in [0.25, 0.3) is 6.08 Å². The highest BCUT2D eigenvalue weighted by Gasteiger charge is 2.42. The number of hydrogen-bond acceptors (Lipinski definition) is 7. The van der Waals surface area contributed by atoms with E-state index in [1.807, 2.05) is 0 Å². The van der Waals surface area contributed by atoms with Crippen LogP contribution in [0.5, 0.6) is 17.2 Å². The molecule has 0 spiro atoms. The van der Waals surface area contributed by atoms with Gasteiger partial charge in [-0.15, -0.1) is 11.8 Å². The molecule has 0 radical (unpaired) electrons. The second-order valence-corrected chi connectivity index (χ2v) is 12.0. The van der Waals surface area contributed by atoms with Gasteiger partial charge in [0.15, 0.2) is 34.8 Å². The number of hydrogen-bond donors (Lipinski definition) is 3. The number of thioether (sulfide) groups is 1. The Bertz CT molecular complexity index is 2000. The third kappa shape index (κ3) is 8.95. The second kappa shape index (κ2) is 16.5. The van der Waals surface area contributed by atoms with E-state index >= 15 is 0 Å². The summed E-state index contributed by atoms with van der Waals surface area (Å²) in [5.74, 6) is -12.0. The molecule has 0 aliphatic rings. The Kier molecular flexibility index (Phi) is 12.4. The first kappa shape index (κ1) is 39.1. The van der Waals surface area contributed by atoms with Crippen LogP contribution in [0.3, 0.4) is 0 Å². The van der Waals surface area contributed by atoms with Gasteiger partial charge in [-0.1, -0.05) is 24.3 Å². The molecular formula is C35H28F7N3O6S. The largest absolute Gasteiger partial charge is 0.496 e. The maximum atomic E-state index is 14.4. The maximum Gasteiger partial charge on any atom is 0.422 e. The molecule has 0 aliphatic carbocycles. The molecule has 0 bridgehead atoms. The molecule has 3 amide bonds. The normalized spacial score (nSPS) is 12.1. The summed E-state index contributed by atoms with van der Waals surface area (Å²) < 4.78 is 112. The first-order valence-electron chi connectivity index (χ1n) is 14.8. The molecule has 0 fully saturated rings. The van der Waals surface area contributed by atoms with E-state index in [0.717, 1.165) is 11.8 Å². The van der Waals surface area contributed by atoms with Gasteiger partial charge in [-0.25, -0.2) is 17.6 Å². The molecule has 0 saturated carbocycles. The number of rotatable bonds is 12. The third-order valence-corrected chi connectivity index (χ3v) is 8.23. The molecule has 17 heteroatoms. The summed E-state index contributed by atoms with van der Waals surface area (Å²) in [6.07, 6.45) is -4.41. The van der Waals surface area contributed by atoms with Crippen LogP contribution in [0, 0.1) is 23.3 Å². The van der Waals surface area contributed by atoms with Gasteiger partial charge < -0.3 is 30.2 Å². The number of amides is 3. The van der Waals surface area contributed by atoms with Gasteiger partial charge in [0.2, 0.25) is 5.91 Å². The summed E-state index contributed by atoms with van der Waals surface area (Å²) in [5.41, 5.74) is -4.01. The van der Waals surface area contributed by atoms with Gasteiger partial charge in [-0.05, 0) is 49.4 Å². The van der Waals surface area contributed by atoms with Crippen LogP contribution in [0.15, 0.2) is 77.3 Å². The van der Waals surface area contributed by atoms with E-state index in [9.17, 15) is 45.1 Å². The Labute approximate surface area is 296 Å². The number of halogens is 7. The fourth-order valence-corrected chi connectivity index (χ4v) is 5.51. The van der Waals surface area contributed by atoms with Crippen molar-refractivity contribution in [3.63, 3.8) is 0 Å². The van der Waals surface area contributed by atoms with Gasteiger partial charge in [0, 0.05) is 27.8 Å². The summed E-state index contributed by atoms with van der Waals surface area (Å²) in [4.78, 5) is 39.8. The topological polar surface area (TPSA) is 115 Å². The average molecular weight is 752 g/mol. The van der Waals surface area contributed by atoms with Crippen molar-refractivity contribution in [3.8, 4) is 17.2 Å². The molecule has 0 aromatic heterocycles. The number of anilines is 2. The quantitative estimate of drug-likeness (QED) is 0.0586. The summed E-state index contributed by atoms with van der Waals surface area (Å²) in [6.45, 7) is 1.24. The molecule has 3 N–H and O–H groups in total. The fourth-order valence-electron chi connectivity index (χ4n) is 4.58. The number of benzene rings is 4. The van der Waals surface area contributed by atoms with Crippen molar-refractivity contribution >= 4 is 46.9 Å². The fraction of sp³-hybridized carbons (Fsp3) is 0.171. The number of methoxy groups -OCH3 is 3. The van der Waals surface area contributed by atoms with Crippen LogP contribution in [0.4, 0.5) is 42.1 Å². The summed E-state index contributed by atoms with van der Waals surface area (Å²) in [6, 6.07) is 16.9. The first-order valence-corrected chi connectivity index (χ1v) is 15.7. The zero-order valence-electron chi connectivity index (χ0n) is 27.5. The predicted octanol–water partition coefficient (Wildman–Crippen LogP) is 7.82. The average Bonchev–Trinajstić information content (AvgIpc) is 3.11. The molecule has 4 aromatic carbocycles. The molecule has 4 rings (SSSR count). The number of alkyl halides is 3. The molecule has 52 heavy (non-hydrogen) atoms. The summed E-state index contributed by atoms with van der Waals surface area (Å²) in [5, 5.41) is 5.57. The Hall–Kier alpha value is -5.71. The minimum Gasteiger partial charge on any atom is -0.496 e. The Morgan fingerprint density at radius 1 is 0.750 bits per heavy atom. The Morgan fingerprint density at radius 3 is 1.92 bits per heavy atom. The third-order valence-electron chi connectivity index (χ3n) is 7.13. The van der Waals surface area contributed by atoms with E-state index in [1.54, 1.807) is 23.5 Å². The maximum absolute atomic E-state index is 14.4. The van der Waals surface area contributed by atoms with Gasteiger partial charge in [0.1, 0.15) is 22.7 Å². The van der Waals surface area contributed by atoms with Crippen LogP contribution in [0.1, 0.15) is 28.4 Å². The smallest absolute Gasteiger partial charge is 0.422 e. The number of ether oxygens (including phenoxy) is 3. The molecule has 0 heterocycles. The highest BCUT2D eigenvalue weighted by Crippen LogP contribution is 2.39. The predicted molar refractivity (Wildman–Crippen MR) is 178 cm³/mol. The monoisotopic (exact) mass is 751 g/mol. The SMILES string of the molecule is COc1cc(OC)c(OC)cc1/C=C(/NC(=O)c1ccccc1)C(=O)Nc1cccc(SC(C)C(=O)Nc2c(F)c(F)c(C(F)(F)F)c(F)c2F)c1. The van der Waals surface area contributed by atoms with Crippen molar-refractivity contribution in [2.24, 2.45) is 0 Å². The Morgan fingerprint density at radius 2 is 1.35 bits per heavy atom. The molecule has 274 valence electrons. The van der Waals surface area contributed by atoms with E-state index in [-0.39, 0.29) is 22.7 Å². The number of carbonyl (C=O) groups is 3. The standard InChI is InChI=1S/C35H28F7N3O6S/c1-17(32(46)45-31-29(38)27(36)26(35(40,41)42)28(37)30(31)39)52-21-12-8-11-20(15-21)43-34(48)22(44-33(47)18-9-6-5-7-10-18)13-19-14-24(50-3)25(51-4)16-23(19)49-2/h5-17H,1-4H3,(H,43,48)(H,44,47)(H,45,46)/b22-13+. The molecule has 9 nitrogen and oxygen atoms in total. The number of nitrogens with one attached hydrogen (secondary N) is 3. The molecular weight excluding hydrogens is 723 g/mol. The van der Waals surface area contributed by atoms with Crippen molar-refractivity contribution in [3.05, 3.63) is 112 Å². The van der Waals surface area contributed by atoms with Crippen LogP contribution in [0.2, 0.25) is 0 Å². The number of carbonyl (C=O) groups excluding carboxylic acids is 3. The van der Waals surface area contributed by atoms with Crippen LogP contribution in [-0.4, -0.2) is 44.3 Å². The highest BCUT2D eigenvalue weighted by atomic mass is 32.2. The van der Waals surface area contributed by atoms with Gasteiger partial charge >= 0.3 is 6.18 Å². The lowest BCUT2D eigenvalue weighted by Gasteiger charge is -2.17. The lowest BCUT2D eigenvalue weighted by atomic mass is 10.1. The molecule has 1 atom stereocenters. The summed E-state index contributed by atoms with van der Waals surface area (Å²) >= 11 is 0.769. The minimum absolute atomic E-state index is 0.158. The van der Waals surface area contributed by atoms with Crippen LogP contribution < -0.4 is 30.2 Å². The zero-order chi connectivity index (χ0) is 38.3. The van der Waals surface area contributed by atoms with Gasteiger partial charge in [0.25, 0.3) is 11.8 Å². The lowest BCUT2D eigenvalue weighted by Crippen LogP contribution is -2.30. The van der Waals surface area contributed by atoms with Crippen molar-refractivity contribution in [2.45, 2.75) is 23.2 Å². The van der Waals surface area contributed by atoms with E-state index in [2.05, 4.69) is 10.6 Å². The van der Waals surface area contributed by atoms with E-state index < -0.39 is 63.7 Å². The van der Waals surface area contributed by atoms with E-state index in [1.165, 1.54) is 82.9 Å². The van der Waals surface area contributed by atoms with Crippen molar-refractivity contribution in [1.29, 1.82) is 0 Å². The highest BCUT2D eigenvalue weighted by molar-refractivity contribution is 8.00. The van der Waals surface area contributed by atoms with Crippen LogP contribution >= 0.6 is 11.8 Å². The summed E-state index contributed by atoms with van der Waals surface area (Å²) in [7, 11) is 4.22. The van der Waals surface area contributed by atoms with Crippen molar-refractivity contribution in [1.82, 2.24) is 5.32 Å². The second-order valence-electron chi connectivity index (χ2n) is 10.6. The molecule has 1 unspecified atom stereocenters. The van der Waals surface area contributed by atoms with Gasteiger partial charge in [-0.2, -0.15) is 13.2 Å². The zero-order valence-corrected chi connectivity index (χ0v) is 28.3. The van der Waals surface area contributed by atoms with Gasteiger partial charge in [-0.3, -0.25) is 14.4 Å². The molecule has 4 aromatic rings. The van der Waals surface area contributed by atoms with Crippen LogP contribution in [-0.2, 0) is 15.8 Å². The van der Waals surface area contributed by atoms with E-state index in [4.69, 9.17) is 14.2 Å². The Balaban J connectivity index is 1.58. The molecule has 0 saturated heterocycles. The molecule has 0 aliphatic heterocycles. The first-order chi connectivity index (χ1) is 24.6.